The summed E-state index contributed by atoms with van der Waals surface area (Å²) in [6.45, 7) is 0. The topological polar surface area (TPSA) is 12.0 Å². The molecule has 0 amide bonds. The maximum atomic E-state index is 13.6. The molecule has 0 heterocycles. The molecule has 0 radical (unpaired) electrons. The van der Waals surface area contributed by atoms with E-state index in [2.05, 4.69) is 5.32 Å². The van der Waals surface area contributed by atoms with Crippen LogP contribution in [0.2, 0.25) is 5.02 Å². The van der Waals surface area contributed by atoms with Crippen molar-refractivity contribution >= 4 is 17.3 Å². The monoisotopic (exact) mass is 275 g/mol. The molecule has 1 nitrogen and oxygen atoms in total. The van der Waals surface area contributed by atoms with Crippen LogP contribution >= 0.6 is 11.6 Å². The fourth-order valence-corrected chi connectivity index (χ4v) is 2.80. The van der Waals surface area contributed by atoms with Crippen molar-refractivity contribution in [1.82, 2.24) is 0 Å². The molecule has 2 aromatic carbocycles. The molecule has 0 atom stereocenters. The average molecular weight is 276 g/mol. The van der Waals surface area contributed by atoms with Crippen molar-refractivity contribution in [2.24, 2.45) is 0 Å². The quantitative estimate of drug-likeness (QED) is 0.845. The lowest BCUT2D eigenvalue weighted by Crippen LogP contribution is -2.34. The number of rotatable bonds is 3. The predicted molar refractivity (Wildman–Crippen MR) is 77.2 cm³/mol. The van der Waals surface area contributed by atoms with Gasteiger partial charge in [0.25, 0.3) is 0 Å². The van der Waals surface area contributed by atoms with Crippen molar-refractivity contribution in [2.45, 2.75) is 24.8 Å². The van der Waals surface area contributed by atoms with Crippen molar-refractivity contribution in [2.75, 3.05) is 5.32 Å². The van der Waals surface area contributed by atoms with Crippen LogP contribution in [0.3, 0.4) is 0 Å². The van der Waals surface area contributed by atoms with Crippen LogP contribution in [0.4, 0.5) is 10.1 Å². The second kappa shape index (κ2) is 5.22. The van der Waals surface area contributed by atoms with E-state index in [1.54, 1.807) is 6.07 Å². The van der Waals surface area contributed by atoms with E-state index >= 15 is 0 Å². The Hall–Kier alpha value is -1.54. The van der Waals surface area contributed by atoms with Crippen molar-refractivity contribution in [1.29, 1.82) is 0 Å². The molecular weight excluding hydrogens is 261 g/mol. The average Bonchev–Trinajstić information content (AvgIpc) is 2.35. The normalized spacial score (nSPS) is 21.8. The summed E-state index contributed by atoms with van der Waals surface area (Å²) in [5.74, 6) is 0.242. The summed E-state index contributed by atoms with van der Waals surface area (Å²) in [6.07, 6.45) is 1.93. The lowest BCUT2D eigenvalue weighted by molar-refractivity contribution is 0.363. The maximum Gasteiger partial charge on any atom is 0.126 e. The van der Waals surface area contributed by atoms with E-state index in [1.807, 2.05) is 36.4 Å². The summed E-state index contributed by atoms with van der Waals surface area (Å²) in [5.41, 5.74) is 1.87. The van der Waals surface area contributed by atoms with E-state index in [9.17, 15) is 4.39 Å². The van der Waals surface area contributed by atoms with E-state index in [-0.39, 0.29) is 5.82 Å². The van der Waals surface area contributed by atoms with E-state index in [0.29, 0.717) is 12.0 Å². The van der Waals surface area contributed by atoms with Gasteiger partial charge in [0.1, 0.15) is 5.82 Å². The largest absolute Gasteiger partial charge is 0.382 e. The second-order valence-electron chi connectivity index (χ2n) is 5.04. The van der Waals surface area contributed by atoms with E-state index in [1.165, 1.54) is 6.07 Å². The molecule has 0 aliphatic heterocycles. The third-order valence-electron chi connectivity index (χ3n) is 3.68. The van der Waals surface area contributed by atoms with Gasteiger partial charge in [-0.2, -0.15) is 0 Å². The number of hydrogen-bond donors (Lipinski definition) is 1. The van der Waals surface area contributed by atoms with Crippen LogP contribution in [-0.2, 0) is 0 Å². The minimum Gasteiger partial charge on any atom is -0.382 e. The van der Waals surface area contributed by atoms with Crippen LogP contribution in [0.15, 0.2) is 48.5 Å². The molecule has 0 unspecified atom stereocenters. The van der Waals surface area contributed by atoms with Gasteiger partial charge >= 0.3 is 0 Å². The third kappa shape index (κ3) is 2.74. The van der Waals surface area contributed by atoms with Gasteiger partial charge in [-0.25, -0.2) is 4.39 Å². The molecule has 0 aromatic heterocycles. The Bertz CT molecular complexity index is 578. The minimum atomic E-state index is -0.0892. The molecule has 1 fully saturated rings. The number of anilines is 1. The molecule has 3 rings (SSSR count). The van der Waals surface area contributed by atoms with Crippen LogP contribution in [-0.4, -0.2) is 6.04 Å². The van der Waals surface area contributed by atoms with Gasteiger partial charge in [-0.3, -0.25) is 0 Å². The first-order valence-corrected chi connectivity index (χ1v) is 6.86. The van der Waals surface area contributed by atoms with E-state index in [4.69, 9.17) is 11.6 Å². The van der Waals surface area contributed by atoms with Crippen LogP contribution in [0.25, 0.3) is 0 Å². The number of benzene rings is 2. The van der Waals surface area contributed by atoms with Gasteiger partial charge in [0.2, 0.25) is 0 Å². The Labute approximate surface area is 117 Å². The summed E-state index contributed by atoms with van der Waals surface area (Å²) in [6, 6.07) is 15.2. The molecule has 98 valence electrons. The molecule has 0 spiro atoms. The first kappa shape index (κ1) is 12.5. The molecular formula is C16H15ClFN. The highest BCUT2D eigenvalue weighted by Crippen LogP contribution is 2.39. The zero-order valence-corrected chi connectivity index (χ0v) is 11.2. The molecule has 1 aliphatic rings. The fraction of sp³-hybridized carbons (Fsp3) is 0.250. The summed E-state index contributed by atoms with van der Waals surface area (Å²) < 4.78 is 13.6. The second-order valence-corrected chi connectivity index (χ2v) is 5.48. The Balaban J connectivity index is 1.60. The smallest absolute Gasteiger partial charge is 0.126 e. The highest BCUT2D eigenvalue weighted by atomic mass is 35.5. The van der Waals surface area contributed by atoms with Gasteiger partial charge in [0, 0.05) is 16.8 Å². The predicted octanol–water partition coefficient (Wildman–Crippen LogP) is 4.84. The summed E-state index contributed by atoms with van der Waals surface area (Å²) in [7, 11) is 0. The Morgan fingerprint density at radius 1 is 1.05 bits per heavy atom. The summed E-state index contributed by atoms with van der Waals surface area (Å²) in [5, 5.41) is 4.16. The highest BCUT2D eigenvalue weighted by Gasteiger charge is 2.31. The van der Waals surface area contributed by atoms with Crippen molar-refractivity contribution in [3.05, 3.63) is 64.9 Å². The van der Waals surface area contributed by atoms with Crippen molar-refractivity contribution < 1.29 is 4.39 Å². The molecule has 0 bridgehead atoms. The number of halogens is 2. The molecule has 1 saturated carbocycles. The zero-order chi connectivity index (χ0) is 13.2. The molecule has 19 heavy (non-hydrogen) atoms. The first-order chi connectivity index (χ1) is 9.22. The molecule has 1 aliphatic carbocycles. The van der Waals surface area contributed by atoms with Gasteiger partial charge in [-0.05, 0) is 48.6 Å². The van der Waals surface area contributed by atoms with Gasteiger partial charge in [0.05, 0.1) is 0 Å². The number of nitrogens with one attached hydrogen (secondary N) is 1. The maximum absolute atomic E-state index is 13.6. The Morgan fingerprint density at radius 2 is 1.84 bits per heavy atom. The third-order valence-corrected chi connectivity index (χ3v) is 3.91. The first-order valence-electron chi connectivity index (χ1n) is 6.49. The Kier molecular flexibility index (Phi) is 3.43. The fourth-order valence-electron chi connectivity index (χ4n) is 2.61. The number of hydrogen-bond acceptors (Lipinski definition) is 1. The lowest BCUT2D eigenvalue weighted by atomic mass is 9.75. The van der Waals surface area contributed by atoms with Gasteiger partial charge < -0.3 is 5.32 Å². The van der Waals surface area contributed by atoms with Crippen molar-refractivity contribution in [3.63, 3.8) is 0 Å². The summed E-state index contributed by atoms with van der Waals surface area (Å²) in [4.78, 5) is 0. The molecule has 2 aromatic rings. The standard InChI is InChI=1S/C16H15ClFN/c17-12-4-3-5-13(10-12)19-14-8-11(9-14)15-6-1-2-7-16(15)18/h1-7,10-11,14,19H,8-9H2. The van der Waals surface area contributed by atoms with Gasteiger partial charge in [-0.1, -0.05) is 35.9 Å². The summed E-state index contributed by atoms with van der Waals surface area (Å²) >= 11 is 5.95. The SMILES string of the molecule is Fc1ccccc1C1CC(Nc2cccc(Cl)c2)C1. The van der Waals surface area contributed by atoms with Gasteiger partial charge in [0.15, 0.2) is 0 Å². The van der Waals surface area contributed by atoms with Crippen LogP contribution in [0, 0.1) is 5.82 Å². The Morgan fingerprint density at radius 3 is 2.58 bits per heavy atom. The van der Waals surface area contributed by atoms with Gasteiger partial charge in [-0.15, -0.1) is 0 Å². The molecule has 3 heteroatoms. The highest BCUT2D eigenvalue weighted by molar-refractivity contribution is 6.30. The molecule has 0 saturated heterocycles. The van der Waals surface area contributed by atoms with Crippen LogP contribution < -0.4 is 5.32 Å². The minimum absolute atomic E-state index is 0.0892. The van der Waals surface area contributed by atoms with E-state index in [0.717, 1.165) is 29.1 Å². The lowest BCUT2D eigenvalue weighted by Gasteiger charge is -2.37. The van der Waals surface area contributed by atoms with E-state index < -0.39 is 0 Å². The van der Waals surface area contributed by atoms with Crippen LogP contribution in [0.1, 0.15) is 24.3 Å². The van der Waals surface area contributed by atoms with Crippen LogP contribution in [0.5, 0.6) is 0 Å². The molecule has 1 N–H and O–H groups in total. The van der Waals surface area contributed by atoms with Crippen molar-refractivity contribution in [3.8, 4) is 0 Å². The zero-order valence-electron chi connectivity index (χ0n) is 10.4.